The summed E-state index contributed by atoms with van der Waals surface area (Å²) in [6, 6.07) is 0. The molecule has 0 aromatic rings. The van der Waals surface area contributed by atoms with Crippen LogP contribution in [0.5, 0.6) is 0 Å². The highest BCUT2D eigenvalue weighted by molar-refractivity contribution is 5.86. The van der Waals surface area contributed by atoms with Crippen molar-refractivity contribution in [3.8, 4) is 0 Å². The lowest BCUT2D eigenvalue weighted by atomic mass is 9.69. The average Bonchev–Trinajstić information content (AvgIpc) is 2.45. The lowest BCUT2D eigenvalue weighted by molar-refractivity contribution is -0.164. The Hall–Kier alpha value is -1.19. The molecule has 0 N–H and O–H groups in total. The maximum atomic E-state index is 12.5. The van der Waals surface area contributed by atoms with Crippen LogP contribution in [0.2, 0.25) is 0 Å². The van der Waals surface area contributed by atoms with Gasteiger partial charge in [0.2, 0.25) is 0 Å². The third-order valence-corrected chi connectivity index (χ3v) is 4.87. The van der Waals surface area contributed by atoms with Gasteiger partial charge in [0.15, 0.2) is 0 Å². The quantitative estimate of drug-likeness (QED) is 0.670. The minimum atomic E-state index is -0.726. The number of hydrogen-bond acceptors (Lipinski definition) is 4. The molecule has 4 heteroatoms. The van der Waals surface area contributed by atoms with Gasteiger partial charge in [0.05, 0.1) is 5.41 Å². The van der Waals surface area contributed by atoms with E-state index in [4.69, 9.17) is 4.74 Å². The number of ketones is 2. The van der Waals surface area contributed by atoms with E-state index in [-0.39, 0.29) is 23.6 Å². The first kappa shape index (κ1) is 18.9. The van der Waals surface area contributed by atoms with Crippen LogP contribution >= 0.6 is 0 Å². The maximum Gasteiger partial charge on any atom is 0.311 e. The molecule has 126 valence electrons. The Morgan fingerprint density at radius 2 is 1.86 bits per heavy atom. The van der Waals surface area contributed by atoms with Crippen LogP contribution in [0.1, 0.15) is 79.6 Å². The Bertz CT molecular complexity index is 438. The number of carbonyl (C=O) groups excluding carboxylic acids is 3. The van der Waals surface area contributed by atoms with Crippen molar-refractivity contribution in [1.29, 1.82) is 0 Å². The number of carbonyl (C=O) groups is 3. The van der Waals surface area contributed by atoms with Crippen LogP contribution in [-0.4, -0.2) is 23.6 Å². The molecule has 0 aliphatic heterocycles. The van der Waals surface area contributed by atoms with Gasteiger partial charge in [0, 0.05) is 24.7 Å². The van der Waals surface area contributed by atoms with Crippen molar-refractivity contribution in [2.24, 2.45) is 10.8 Å². The van der Waals surface area contributed by atoms with Gasteiger partial charge < -0.3 is 4.74 Å². The third-order valence-electron chi connectivity index (χ3n) is 4.87. The van der Waals surface area contributed by atoms with Crippen molar-refractivity contribution in [2.75, 3.05) is 0 Å². The van der Waals surface area contributed by atoms with E-state index in [1.807, 2.05) is 34.6 Å². The van der Waals surface area contributed by atoms with E-state index in [9.17, 15) is 14.4 Å². The lowest BCUT2D eigenvalue weighted by Crippen LogP contribution is -2.39. The zero-order chi connectivity index (χ0) is 17.0. The summed E-state index contributed by atoms with van der Waals surface area (Å²) >= 11 is 0. The smallest absolute Gasteiger partial charge is 0.311 e. The van der Waals surface area contributed by atoms with Crippen LogP contribution in [0.25, 0.3) is 0 Å². The molecule has 4 nitrogen and oxygen atoms in total. The van der Waals surface area contributed by atoms with Crippen molar-refractivity contribution in [3.05, 3.63) is 0 Å². The van der Waals surface area contributed by atoms with Gasteiger partial charge in [-0.3, -0.25) is 14.4 Å². The summed E-state index contributed by atoms with van der Waals surface area (Å²) in [4.78, 5) is 36.2. The van der Waals surface area contributed by atoms with Gasteiger partial charge in [-0.05, 0) is 39.5 Å². The zero-order valence-electron chi connectivity index (χ0n) is 14.7. The SMILES string of the molecule is CCC(=O)C(C)(CC)CC(C)(C)C(=O)OC1CCCC(=O)C1. The Balaban J connectivity index is 2.73. The number of ether oxygens (including phenoxy) is 1. The van der Waals surface area contributed by atoms with Crippen LogP contribution in [0.3, 0.4) is 0 Å². The van der Waals surface area contributed by atoms with Crippen molar-refractivity contribution >= 4 is 17.5 Å². The molecule has 0 amide bonds. The number of esters is 1. The monoisotopic (exact) mass is 310 g/mol. The van der Waals surface area contributed by atoms with E-state index in [1.165, 1.54) is 0 Å². The van der Waals surface area contributed by atoms with E-state index in [2.05, 4.69) is 0 Å². The third kappa shape index (κ3) is 4.65. The second-order valence-electron chi connectivity index (χ2n) is 7.41. The van der Waals surface area contributed by atoms with Gasteiger partial charge in [0.25, 0.3) is 0 Å². The second kappa shape index (κ2) is 7.38. The Kier molecular flexibility index (Phi) is 6.33. The first-order valence-electron chi connectivity index (χ1n) is 8.40. The topological polar surface area (TPSA) is 60.4 Å². The van der Waals surface area contributed by atoms with Gasteiger partial charge >= 0.3 is 5.97 Å². The molecule has 1 saturated carbocycles. The van der Waals surface area contributed by atoms with E-state index < -0.39 is 10.8 Å². The molecule has 2 atom stereocenters. The van der Waals surface area contributed by atoms with Crippen LogP contribution in [-0.2, 0) is 19.1 Å². The predicted molar refractivity (Wildman–Crippen MR) is 85.4 cm³/mol. The molecule has 0 aromatic heterocycles. The van der Waals surface area contributed by atoms with Crippen molar-refractivity contribution in [3.63, 3.8) is 0 Å². The summed E-state index contributed by atoms with van der Waals surface area (Å²) < 4.78 is 5.56. The molecule has 1 fully saturated rings. The number of hydrogen-bond donors (Lipinski definition) is 0. The van der Waals surface area contributed by atoms with Crippen molar-refractivity contribution < 1.29 is 19.1 Å². The molecule has 1 aliphatic carbocycles. The fourth-order valence-corrected chi connectivity index (χ4v) is 3.29. The van der Waals surface area contributed by atoms with E-state index >= 15 is 0 Å². The summed E-state index contributed by atoms with van der Waals surface area (Å²) in [7, 11) is 0. The predicted octanol–water partition coefficient (Wildman–Crippen LogP) is 3.85. The molecule has 2 unspecified atom stereocenters. The van der Waals surface area contributed by atoms with Gasteiger partial charge in [0.1, 0.15) is 17.7 Å². The van der Waals surface area contributed by atoms with Crippen molar-refractivity contribution in [2.45, 2.75) is 85.7 Å². The van der Waals surface area contributed by atoms with E-state index in [1.54, 1.807) is 0 Å². The summed E-state index contributed by atoms with van der Waals surface area (Å²) in [6.45, 7) is 9.43. The number of rotatable bonds is 7. The van der Waals surface area contributed by atoms with Gasteiger partial charge in [-0.2, -0.15) is 0 Å². The standard InChI is InChI=1S/C18H30O4/c1-6-15(20)18(5,7-2)12-17(3,4)16(21)22-14-10-8-9-13(19)11-14/h14H,6-12H2,1-5H3. The van der Waals surface area contributed by atoms with Crippen LogP contribution in [0.15, 0.2) is 0 Å². The second-order valence-corrected chi connectivity index (χ2v) is 7.41. The van der Waals surface area contributed by atoms with Gasteiger partial charge in [-0.15, -0.1) is 0 Å². The minimum absolute atomic E-state index is 0.168. The molecular formula is C18H30O4. The molecule has 0 spiro atoms. The molecular weight excluding hydrogens is 280 g/mol. The van der Waals surface area contributed by atoms with E-state index in [0.717, 1.165) is 12.8 Å². The summed E-state index contributed by atoms with van der Waals surface area (Å²) in [5.74, 6) is 0.0564. The summed E-state index contributed by atoms with van der Waals surface area (Å²) in [6.07, 6.45) is 3.85. The number of Topliss-reactive ketones (excluding diaryl/α,β-unsaturated/α-hetero) is 2. The van der Waals surface area contributed by atoms with Gasteiger partial charge in [-0.25, -0.2) is 0 Å². The van der Waals surface area contributed by atoms with Crippen LogP contribution in [0, 0.1) is 10.8 Å². The van der Waals surface area contributed by atoms with Crippen LogP contribution < -0.4 is 0 Å². The van der Waals surface area contributed by atoms with E-state index in [0.29, 0.717) is 32.1 Å². The maximum absolute atomic E-state index is 12.5. The normalized spacial score (nSPS) is 22.0. The molecule has 1 aliphatic rings. The fourth-order valence-electron chi connectivity index (χ4n) is 3.29. The molecule has 0 heterocycles. The molecule has 22 heavy (non-hydrogen) atoms. The largest absolute Gasteiger partial charge is 0.461 e. The summed E-state index contributed by atoms with van der Waals surface area (Å²) in [5, 5.41) is 0. The minimum Gasteiger partial charge on any atom is -0.461 e. The Labute approximate surface area is 134 Å². The Morgan fingerprint density at radius 1 is 1.23 bits per heavy atom. The molecule has 1 rings (SSSR count). The van der Waals surface area contributed by atoms with Crippen LogP contribution in [0.4, 0.5) is 0 Å². The van der Waals surface area contributed by atoms with Gasteiger partial charge in [-0.1, -0.05) is 20.8 Å². The first-order chi connectivity index (χ1) is 10.1. The van der Waals surface area contributed by atoms with Crippen molar-refractivity contribution in [1.82, 2.24) is 0 Å². The lowest BCUT2D eigenvalue weighted by Gasteiger charge is -2.35. The fraction of sp³-hybridized carbons (Fsp3) is 0.833. The average molecular weight is 310 g/mol. The molecule has 0 aromatic carbocycles. The highest BCUT2D eigenvalue weighted by Crippen LogP contribution is 2.39. The summed E-state index contributed by atoms with van der Waals surface area (Å²) in [5.41, 5.74) is -1.23. The highest BCUT2D eigenvalue weighted by atomic mass is 16.5. The molecule has 0 saturated heterocycles. The highest BCUT2D eigenvalue weighted by Gasteiger charge is 2.41. The molecule has 0 bridgehead atoms. The Morgan fingerprint density at radius 3 is 2.36 bits per heavy atom. The zero-order valence-corrected chi connectivity index (χ0v) is 14.7. The molecule has 0 radical (unpaired) electrons. The first-order valence-corrected chi connectivity index (χ1v) is 8.40.